The molecule has 31 heavy (non-hydrogen) atoms. The first-order valence-electron chi connectivity index (χ1n) is 9.76. The van der Waals surface area contributed by atoms with Crippen LogP contribution in [0.15, 0.2) is 54.9 Å². The average Bonchev–Trinajstić information content (AvgIpc) is 2.77. The van der Waals surface area contributed by atoms with Crippen molar-refractivity contribution >= 4 is 10.8 Å². The second-order valence-corrected chi connectivity index (χ2v) is 7.02. The number of rotatable bonds is 6. The molecule has 0 bridgehead atoms. The standard InChI is InChI=1S/C24H18F4N2O/c1-2-31-18-12-29-24(30-13-18)17-7-8-19-16(11-17)6-5-15(22(19)27)4-3-14-9-20(25)23(28)21(26)10-14/h5-13H,2-4H2,1H3. The second-order valence-electron chi connectivity index (χ2n) is 7.02. The predicted octanol–water partition coefficient (Wildman–Crippen LogP) is 6.04. The van der Waals surface area contributed by atoms with Crippen LogP contribution in [0.5, 0.6) is 5.75 Å². The lowest BCUT2D eigenvalue weighted by molar-refractivity contribution is 0.337. The molecule has 4 rings (SSSR count). The van der Waals surface area contributed by atoms with Crippen molar-refractivity contribution in [1.29, 1.82) is 0 Å². The number of halogens is 4. The summed E-state index contributed by atoms with van der Waals surface area (Å²) in [6, 6.07) is 10.5. The van der Waals surface area contributed by atoms with Gasteiger partial charge in [-0.15, -0.1) is 0 Å². The molecule has 0 amide bonds. The highest BCUT2D eigenvalue weighted by Crippen LogP contribution is 2.27. The summed E-state index contributed by atoms with van der Waals surface area (Å²) in [5.74, 6) is -3.34. The zero-order chi connectivity index (χ0) is 22.0. The van der Waals surface area contributed by atoms with Crippen molar-refractivity contribution in [3.63, 3.8) is 0 Å². The molecule has 0 radical (unpaired) electrons. The van der Waals surface area contributed by atoms with Crippen molar-refractivity contribution < 1.29 is 22.3 Å². The Morgan fingerprint density at radius 3 is 2.19 bits per heavy atom. The Labute approximate surface area is 176 Å². The lowest BCUT2D eigenvalue weighted by Crippen LogP contribution is -1.99. The van der Waals surface area contributed by atoms with Crippen molar-refractivity contribution in [3.8, 4) is 17.1 Å². The molecule has 158 valence electrons. The Hall–Kier alpha value is -3.48. The highest BCUT2D eigenvalue weighted by atomic mass is 19.2. The lowest BCUT2D eigenvalue weighted by atomic mass is 9.99. The molecule has 0 atom stereocenters. The zero-order valence-corrected chi connectivity index (χ0v) is 16.6. The van der Waals surface area contributed by atoms with Crippen LogP contribution in [0.3, 0.4) is 0 Å². The van der Waals surface area contributed by atoms with Gasteiger partial charge < -0.3 is 4.74 Å². The molecule has 3 aromatic carbocycles. The van der Waals surface area contributed by atoms with E-state index in [9.17, 15) is 13.2 Å². The van der Waals surface area contributed by atoms with E-state index in [-0.39, 0.29) is 18.4 Å². The summed E-state index contributed by atoms with van der Waals surface area (Å²) in [6.07, 6.45) is 3.56. The van der Waals surface area contributed by atoms with Gasteiger partial charge in [0, 0.05) is 10.9 Å². The van der Waals surface area contributed by atoms with Crippen LogP contribution in [0.25, 0.3) is 22.2 Å². The van der Waals surface area contributed by atoms with E-state index in [2.05, 4.69) is 9.97 Å². The smallest absolute Gasteiger partial charge is 0.194 e. The minimum absolute atomic E-state index is 0.175. The lowest BCUT2D eigenvalue weighted by Gasteiger charge is -2.09. The molecule has 0 fully saturated rings. The third-order valence-corrected chi connectivity index (χ3v) is 4.96. The Morgan fingerprint density at radius 1 is 0.806 bits per heavy atom. The van der Waals surface area contributed by atoms with Crippen molar-refractivity contribution in [2.24, 2.45) is 0 Å². The summed E-state index contributed by atoms with van der Waals surface area (Å²) in [4.78, 5) is 8.56. The number of aromatic nitrogens is 2. The highest BCUT2D eigenvalue weighted by molar-refractivity contribution is 5.87. The first-order valence-corrected chi connectivity index (χ1v) is 9.76. The average molecular weight is 426 g/mol. The molecule has 0 aliphatic heterocycles. The molecule has 7 heteroatoms. The Balaban J connectivity index is 1.57. The number of hydrogen-bond acceptors (Lipinski definition) is 3. The third kappa shape index (κ3) is 4.35. The first-order chi connectivity index (χ1) is 15.0. The van der Waals surface area contributed by atoms with E-state index >= 15 is 4.39 Å². The van der Waals surface area contributed by atoms with Gasteiger partial charge in [0.1, 0.15) is 5.82 Å². The Kier molecular flexibility index (Phi) is 5.84. The van der Waals surface area contributed by atoms with Crippen molar-refractivity contribution in [2.75, 3.05) is 6.61 Å². The molecule has 0 saturated carbocycles. The van der Waals surface area contributed by atoms with Crippen molar-refractivity contribution in [1.82, 2.24) is 9.97 Å². The van der Waals surface area contributed by atoms with Gasteiger partial charge in [0.05, 0.1) is 19.0 Å². The van der Waals surface area contributed by atoms with Gasteiger partial charge in [-0.25, -0.2) is 27.5 Å². The maximum absolute atomic E-state index is 15.0. The minimum Gasteiger partial charge on any atom is -0.491 e. The fourth-order valence-corrected chi connectivity index (χ4v) is 3.41. The SMILES string of the molecule is CCOc1cnc(-c2ccc3c(F)c(CCc4cc(F)c(F)c(F)c4)ccc3c2)nc1. The van der Waals surface area contributed by atoms with E-state index in [4.69, 9.17) is 4.74 Å². The van der Waals surface area contributed by atoms with E-state index in [1.54, 1.807) is 42.7 Å². The molecule has 1 heterocycles. The number of fused-ring (bicyclic) bond motifs is 1. The predicted molar refractivity (Wildman–Crippen MR) is 110 cm³/mol. The zero-order valence-electron chi connectivity index (χ0n) is 16.6. The molecule has 0 unspecified atom stereocenters. The van der Waals surface area contributed by atoms with E-state index in [0.717, 1.165) is 17.7 Å². The largest absolute Gasteiger partial charge is 0.491 e. The topological polar surface area (TPSA) is 35.0 Å². The van der Waals surface area contributed by atoms with Crippen LogP contribution in [-0.4, -0.2) is 16.6 Å². The van der Waals surface area contributed by atoms with E-state index in [1.807, 2.05) is 6.92 Å². The third-order valence-electron chi connectivity index (χ3n) is 4.96. The van der Waals surface area contributed by atoms with Crippen LogP contribution in [0.2, 0.25) is 0 Å². The maximum atomic E-state index is 15.0. The van der Waals surface area contributed by atoms with Crippen molar-refractivity contribution in [3.05, 3.63) is 89.3 Å². The summed E-state index contributed by atoms with van der Waals surface area (Å²) >= 11 is 0. The number of hydrogen-bond donors (Lipinski definition) is 0. The summed E-state index contributed by atoms with van der Waals surface area (Å²) < 4.78 is 60.2. The molecule has 3 nitrogen and oxygen atoms in total. The fraction of sp³-hybridized carbons (Fsp3) is 0.167. The van der Waals surface area contributed by atoms with Gasteiger partial charge in [0.15, 0.2) is 29.0 Å². The quantitative estimate of drug-likeness (QED) is 0.279. The molecule has 0 aliphatic rings. The molecule has 0 N–H and O–H groups in total. The van der Waals surface area contributed by atoms with Gasteiger partial charge in [-0.2, -0.15) is 0 Å². The number of aryl methyl sites for hydroxylation is 2. The van der Waals surface area contributed by atoms with E-state index in [0.29, 0.717) is 34.5 Å². The van der Waals surface area contributed by atoms with Crippen LogP contribution in [0.4, 0.5) is 17.6 Å². The molecule has 0 aliphatic carbocycles. The monoisotopic (exact) mass is 426 g/mol. The van der Waals surface area contributed by atoms with E-state index < -0.39 is 23.3 Å². The fourth-order valence-electron chi connectivity index (χ4n) is 3.41. The van der Waals surface area contributed by atoms with E-state index in [1.165, 1.54) is 0 Å². The van der Waals surface area contributed by atoms with Gasteiger partial charge in [0.2, 0.25) is 0 Å². The highest BCUT2D eigenvalue weighted by Gasteiger charge is 2.13. The summed E-state index contributed by atoms with van der Waals surface area (Å²) in [7, 11) is 0. The van der Waals surface area contributed by atoms with Crippen LogP contribution in [0, 0.1) is 23.3 Å². The van der Waals surface area contributed by atoms with Crippen LogP contribution in [-0.2, 0) is 12.8 Å². The van der Waals surface area contributed by atoms with Gasteiger partial charge in [-0.05, 0) is 54.5 Å². The number of benzene rings is 3. The summed E-state index contributed by atoms with van der Waals surface area (Å²) in [6.45, 7) is 2.39. The van der Waals surface area contributed by atoms with Crippen LogP contribution in [0.1, 0.15) is 18.1 Å². The molecule has 1 aromatic heterocycles. The molecular formula is C24H18F4N2O. The first kappa shape index (κ1) is 20.8. The van der Waals surface area contributed by atoms with Crippen molar-refractivity contribution in [2.45, 2.75) is 19.8 Å². The normalized spacial score (nSPS) is 11.1. The van der Waals surface area contributed by atoms with Gasteiger partial charge >= 0.3 is 0 Å². The summed E-state index contributed by atoms with van der Waals surface area (Å²) in [5, 5.41) is 1.10. The maximum Gasteiger partial charge on any atom is 0.194 e. The van der Waals surface area contributed by atoms with Gasteiger partial charge in [-0.3, -0.25) is 0 Å². The Bertz CT molecular complexity index is 1220. The van der Waals surface area contributed by atoms with Crippen LogP contribution < -0.4 is 4.74 Å². The number of nitrogens with zero attached hydrogens (tertiary/aromatic N) is 2. The molecule has 0 spiro atoms. The molecule has 0 saturated heterocycles. The minimum atomic E-state index is -1.51. The second kappa shape index (κ2) is 8.71. The summed E-state index contributed by atoms with van der Waals surface area (Å²) in [5.41, 5.74) is 1.40. The van der Waals surface area contributed by atoms with Gasteiger partial charge in [0.25, 0.3) is 0 Å². The number of ether oxygens (including phenoxy) is 1. The molecule has 4 aromatic rings. The van der Waals surface area contributed by atoms with Crippen LogP contribution >= 0.6 is 0 Å². The van der Waals surface area contributed by atoms with Gasteiger partial charge in [-0.1, -0.05) is 24.3 Å². The Morgan fingerprint density at radius 2 is 1.52 bits per heavy atom. The molecular weight excluding hydrogens is 408 g/mol.